The van der Waals surface area contributed by atoms with Crippen molar-refractivity contribution >= 4 is 5.82 Å². The van der Waals surface area contributed by atoms with Gasteiger partial charge in [-0.15, -0.1) is 0 Å². The minimum absolute atomic E-state index is 0.257. The number of aliphatic hydroxyl groups excluding tert-OH is 2. The van der Waals surface area contributed by atoms with Crippen molar-refractivity contribution in [2.24, 2.45) is 0 Å². The zero-order valence-electron chi connectivity index (χ0n) is 6.51. The Morgan fingerprint density at radius 3 is 2.92 bits per heavy atom. The third-order valence-electron chi connectivity index (χ3n) is 1.29. The largest absolute Gasteiger partial charge is 0.394 e. The first-order valence-corrected chi connectivity index (χ1v) is 3.61. The van der Waals surface area contributed by atoms with E-state index in [4.69, 9.17) is 10.2 Å². The molecule has 0 aromatic carbocycles. The van der Waals surface area contributed by atoms with Gasteiger partial charge in [-0.05, 0) is 0 Å². The molecule has 1 heterocycles. The van der Waals surface area contributed by atoms with E-state index in [0.717, 1.165) is 0 Å². The number of anilines is 1. The highest BCUT2D eigenvalue weighted by Gasteiger charge is 2.00. The maximum atomic E-state index is 8.96. The Hall–Kier alpha value is -1.20. The van der Waals surface area contributed by atoms with Gasteiger partial charge in [0, 0.05) is 18.9 Å². The number of nitrogens with one attached hydrogen (secondary N) is 1. The highest BCUT2D eigenvalue weighted by Crippen LogP contribution is 1.96. The van der Waals surface area contributed by atoms with E-state index in [1.54, 1.807) is 18.6 Å². The predicted octanol–water partition coefficient (Wildman–Crippen LogP) is -0.758. The summed E-state index contributed by atoms with van der Waals surface area (Å²) in [5.74, 6) is 0.588. The van der Waals surface area contributed by atoms with E-state index in [1.807, 2.05) is 0 Å². The van der Waals surface area contributed by atoms with Crippen LogP contribution >= 0.6 is 0 Å². The van der Waals surface area contributed by atoms with E-state index in [2.05, 4.69) is 15.3 Å². The van der Waals surface area contributed by atoms with Gasteiger partial charge in [-0.25, -0.2) is 4.98 Å². The van der Waals surface area contributed by atoms with Crippen LogP contribution in [0.15, 0.2) is 18.6 Å². The molecule has 0 spiro atoms. The van der Waals surface area contributed by atoms with Crippen molar-refractivity contribution in [2.75, 3.05) is 18.5 Å². The summed E-state index contributed by atoms with van der Waals surface area (Å²) in [7, 11) is 0. The molecule has 0 aliphatic heterocycles. The molecule has 5 heteroatoms. The third-order valence-corrected chi connectivity index (χ3v) is 1.29. The zero-order valence-corrected chi connectivity index (χ0v) is 6.51. The molecule has 0 radical (unpaired) electrons. The summed E-state index contributed by atoms with van der Waals surface area (Å²) < 4.78 is 0. The van der Waals surface area contributed by atoms with E-state index in [-0.39, 0.29) is 13.2 Å². The molecular weight excluding hydrogens is 158 g/mol. The average molecular weight is 169 g/mol. The molecule has 0 saturated carbocycles. The summed E-state index contributed by atoms with van der Waals surface area (Å²) >= 11 is 0. The number of hydrogen-bond acceptors (Lipinski definition) is 5. The first-order chi connectivity index (χ1) is 5.83. The lowest BCUT2D eigenvalue weighted by molar-refractivity contribution is 0.105. The van der Waals surface area contributed by atoms with Crippen LogP contribution in [0.25, 0.3) is 0 Å². The molecular formula is C7H11N3O2. The number of aliphatic hydroxyl groups is 2. The minimum Gasteiger partial charge on any atom is -0.394 e. The van der Waals surface area contributed by atoms with Gasteiger partial charge in [0.15, 0.2) is 0 Å². The second-order valence-electron chi connectivity index (χ2n) is 2.31. The smallest absolute Gasteiger partial charge is 0.144 e. The topological polar surface area (TPSA) is 78.3 Å². The lowest BCUT2D eigenvalue weighted by Crippen LogP contribution is -2.23. The van der Waals surface area contributed by atoms with Gasteiger partial charge >= 0.3 is 0 Å². The summed E-state index contributed by atoms with van der Waals surface area (Å²) in [5, 5.41) is 20.3. The number of aromatic nitrogens is 2. The molecule has 1 rings (SSSR count). The van der Waals surface area contributed by atoms with E-state index in [0.29, 0.717) is 5.82 Å². The second kappa shape index (κ2) is 4.63. The number of rotatable bonds is 4. The van der Waals surface area contributed by atoms with Crippen LogP contribution in [0.1, 0.15) is 0 Å². The highest BCUT2D eigenvalue weighted by atomic mass is 16.3. The van der Waals surface area contributed by atoms with E-state index >= 15 is 0 Å². The normalized spacial score (nSPS) is 12.5. The summed E-state index contributed by atoms with van der Waals surface area (Å²) in [6.07, 6.45) is 3.90. The SMILES string of the molecule is OCC(O)CNc1cnccn1. The van der Waals surface area contributed by atoms with Gasteiger partial charge in [-0.2, -0.15) is 0 Å². The Balaban J connectivity index is 2.33. The molecule has 1 aromatic heterocycles. The third kappa shape index (κ3) is 2.81. The van der Waals surface area contributed by atoms with Crippen LogP contribution in [0.2, 0.25) is 0 Å². The Labute approximate surface area is 70.1 Å². The predicted molar refractivity (Wildman–Crippen MR) is 43.6 cm³/mol. The van der Waals surface area contributed by atoms with Crippen LogP contribution in [0.5, 0.6) is 0 Å². The first-order valence-electron chi connectivity index (χ1n) is 3.61. The molecule has 66 valence electrons. The van der Waals surface area contributed by atoms with E-state index < -0.39 is 6.10 Å². The fourth-order valence-corrected chi connectivity index (χ4v) is 0.677. The van der Waals surface area contributed by atoms with Crippen LogP contribution in [0.4, 0.5) is 5.82 Å². The van der Waals surface area contributed by atoms with Crippen molar-refractivity contribution in [1.29, 1.82) is 0 Å². The molecule has 0 bridgehead atoms. The van der Waals surface area contributed by atoms with Crippen LogP contribution in [-0.2, 0) is 0 Å². The van der Waals surface area contributed by atoms with Gasteiger partial charge in [0.05, 0.1) is 18.9 Å². The molecule has 1 atom stereocenters. The first kappa shape index (κ1) is 8.89. The lowest BCUT2D eigenvalue weighted by atomic mass is 10.4. The standard InChI is InChI=1S/C7H11N3O2/c11-5-6(12)3-10-7-4-8-1-2-9-7/h1-2,4,6,11-12H,3,5H2,(H,9,10). The molecule has 0 aliphatic rings. The van der Waals surface area contributed by atoms with Gasteiger partial charge in [-0.3, -0.25) is 4.98 Å². The van der Waals surface area contributed by atoms with Gasteiger partial charge in [0.1, 0.15) is 5.82 Å². The van der Waals surface area contributed by atoms with Crippen molar-refractivity contribution in [2.45, 2.75) is 6.10 Å². The van der Waals surface area contributed by atoms with Crippen LogP contribution in [0, 0.1) is 0 Å². The van der Waals surface area contributed by atoms with Crippen LogP contribution in [-0.4, -0.2) is 39.4 Å². The Kier molecular flexibility index (Phi) is 3.43. The maximum Gasteiger partial charge on any atom is 0.144 e. The summed E-state index contributed by atoms with van der Waals surface area (Å²) in [4.78, 5) is 7.74. The molecule has 0 saturated heterocycles. The van der Waals surface area contributed by atoms with Crippen molar-refractivity contribution in [3.05, 3.63) is 18.6 Å². The van der Waals surface area contributed by atoms with Crippen LogP contribution in [0.3, 0.4) is 0 Å². The van der Waals surface area contributed by atoms with Crippen molar-refractivity contribution < 1.29 is 10.2 Å². The van der Waals surface area contributed by atoms with Gasteiger partial charge in [-0.1, -0.05) is 0 Å². The van der Waals surface area contributed by atoms with E-state index in [1.165, 1.54) is 0 Å². The summed E-state index contributed by atoms with van der Waals surface area (Å²) in [5.41, 5.74) is 0. The number of nitrogens with zero attached hydrogens (tertiary/aromatic N) is 2. The Bertz CT molecular complexity index is 217. The van der Waals surface area contributed by atoms with Crippen molar-refractivity contribution in [3.8, 4) is 0 Å². The average Bonchev–Trinajstić information content (AvgIpc) is 2.16. The second-order valence-corrected chi connectivity index (χ2v) is 2.31. The fourth-order valence-electron chi connectivity index (χ4n) is 0.677. The van der Waals surface area contributed by atoms with E-state index in [9.17, 15) is 0 Å². The van der Waals surface area contributed by atoms with Gasteiger partial charge in [0.2, 0.25) is 0 Å². The quantitative estimate of drug-likeness (QED) is 0.552. The Morgan fingerprint density at radius 1 is 1.50 bits per heavy atom. The number of hydrogen-bond donors (Lipinski definition) is 3. The zero-order chi connectivity index (χ0) is 8.81. The molecule has 0 amide bonds. The summed E-state index contributed by atoms with van der Waals surface area (Å²) in [6, 6.07) is 0. The lowest BCUT2D eigenvalue weighted by Gasteiger charge is -2.07. The molecule has 0 fully saturated rings. The molecule has 0 aliphatic carbocycles. The highest BCUT2D eigenvalue weighted by molar-refractivity contribution is 5.29. The molecule has 5 nitrogen and oxygen atoms in total. The van der Waals surface area contributed by atoms with Crippen molar-refractivity contribution in [1.82, 2.24) is 9.97 Å². The molecule has 1 aromatic rings. The minimum atomic E-state index is -0.757. The molecule has 12 heavy (non-hydrogen) atoms. The molecule has 3 N–H and O–H groups in total. The van der Waals surface area contributed by atoms with Crippen LogP contribution < -0.4 is 5.32 Å². The maximum absolute atomic E-state index is 8.96. The van der Waals surface area contributed by atoms with Crippen molar-refractivity contribution in [3.63, 3.8) is 0 Å². The summed E-state index contributed by atoms with van der Waals surface area (Å²) in [6.45, 7) is 0.0163. The Morgan fingerprint density at radius 2 is 2.33 bits per heavy atom. The van der Waals surface area contributed by atoms with Gasteiger partial charge in [0.25, 0.3) is 0 Å². The van der Waals surface area contributed by atoms with Gasteiger partial charge < -0.3 is 15.5 Å². The molecule has 1 unspecified atom stereocenters. The monoisotopic (exact) mass is 169 g/mol. The fraction of sp³-hybridized carbons (Fsp3) is 0.429.